The van der Waals surface area contributed by atoms with Crippen LogP contribution in [-0.2, 0) is 15.8 Å². The minimum Gasteiger partial charge on any atom is -0.484 e. The van der Waals surface area contributed by atoms with Crippen molar-refractivity contribution in [3.63, 3.8) is 0 Å². The van der Waals surface area contributed by atoms with Gasteiger partial charge in [0.15, 0.2) is 6.61 Å². The van der Waals surface area contributed by atoms with E-state index in [4.69, 9.17) is 4.74 Å². The number of halogens is 3. The Balaban J connectivity index is 1.77. The van der Waals surface area contributed by atoms with Crippen molar-refractivity contribution in [3.8, 4) is 5.75 Å². The maximum atomic E-state index is 12.6. The van der Waals surface area contributed by atoms with Crippen molar-refractivity contribution in [3.05, 3.63) is 57.8 Å². The molecule has 0 aliphatic carbocycles. The van der Waals surface area contributed by atoms with E-state index in [0.29, 0.717) is 0 Å². The van der Waals surface area contributed by atoms with Gasteiger partial charge in [-0.15, -0.1) is 11.3 Å². The van der Waals surface area contributed by atoms with Crippen LogP contribution in [0.4, 0.5) is 13.2 Å². The van der Waals surface area contributed by atoms with Crippen LogP contribution in [0.1, 0.15) is 15.3 Å². The molecule has 1 aromatic carbocycles. The molecule has 138 valence electrons. The fourth-order valence-corrected chi connectivity index (χ4v) is 2.60. The van der Waals surface area contributed by atoms with Crippen molar-refractivity contribution in [1.29, 1.82) is 0 Å². The number of hydrogen-bond acceptors (Lipinski definition) is 4. The van der Waals surface area contributed by atoms with Gasteiger partial charge in [0, 0.05) is 15.8 Å². The number of nitrogens with one attached hydrogen (secondary N) is 2. The Labute approximate surface area is 151 Å². The lowest BCUT2D eigenvalue weighted by Gasteiger charge is -2.10. The average Bonchev–Trinajstić information content (AvgIpc) is 3.01. The van der Waals surface area contributed by atoms with Crippen molar-refractivity contribution in [1.82, 2.24) is 10.9 Å². The topological polar surface area (TPSA) is 67.4 Å². The van der Waals surface area contributed by atoms with Crippen molar-refractivity contribution in [2.45, 2.75) is 13.1 Å². The van der Waals surface area contributed by atoms with E-state index in [0.717, 1.165) is 21.9 Å². The largest absolute Gasteiger partial charge is 0.484 e. The van der Waals surface area contributed by atoms with Gasteiger partial charge in [-0.1, -0.05) is 6.07 Å². The van der Waals surface area contributed by atoms with Crippen molar-refractivity contribution in [2.24, 2.45) is 0 Å². The highest BCUT2D eigenvalue weighted by molar-refractivity contribution is 7.12. The Morgan fingerprint density at radius 2 is 1.96 bits per heavy atom. The third-order valence-corrected chi connectivity index (χ3v) is 3.98. The number of carbonyl (C=O) groups excluding carboxylic acids is 2. The molecule has 2 rings (SSSR count). The van der Waals surface area contributed by atoms with Gasteiger partial charge in [0.25, 0.3) is 11.8 Å². The molecule has 0 radical (unpaired) electrons. The van der Waals surface area contributed by atoms with Crippen LogP contribution in [0.5, 0.6) is 5.75 Å². The van der Waals surface area contributed by atoms with Crippen LogP contribution in [0.25, 0.3) is 6.08 Å². The van der Waals surface area contributed by atoms with E-state index in [1.54, 1.807) is 6.08 Å². The van der Waals surface area contributed by atoms with Gasteiger partial charge >= 0.3 is 6.18 Å². The fourth-order valence-electron chi connectivity index (χ4n) is 1.82. The third-order valence-electron chi connectivity index (χ3n) is 3.02. The van der Waals surface area contributed by atoms with Crippen LogP contribution < -0.4 is 15.6 Å². The molecule has 9 heteroatoms. The molecule has 26 heavy (non-hydrogen) atoms. The normalized spacial score (nSPS) is 11.4. The Hall–Kier alpha value is -2.81. The number of carbonyl (C=O) groups is 2. The van der Waals surface area contributed by atoms with E-state index in [-0.39, 0.29) is 5.75 Å². The van der Waals surface area contributed by atoms with E-state index in [1.807, 2.05) is 19.1 Å². The van der Waals surface area contributed by atoms with E-state index < -0.39 is 30.2 Å². The summed E-state index contributed by atoms with van der Waals surface area (Å²) in [6, 6.07) is 7.92. The van der Waals surface area contributed by atoms with Gasteiger partial charge in [-0.2, -0.15) is 13.2 Å². The maximum Gasteiger partial charge on any atom is 0.416 e. The molecule has 1 heterocycles. The second kappa shape index (κ2) is 8.52. The molecular weight excluding hydrogens is 369 g/mol. The molecule has 5 nitrogen and oxygen atoms in total. The van der Waals surface area contributed by atoms with Gasteiger partial charge in [-0.05, 0) is 43.3 Å². The molecule has 2 amide bonds. The molecule has 2 N–H and O–H groups in total. The molecule has 0 fully saturated rings. The van der Waals surface area contributed by atoms with Gasteiger partial charge in [-0.25, -0.2) is 0 Å². The zero-order valence-electron chi connectivity index (χ0n) is 13.6. The molecule has 0 unspecified atom stereocenters. The summed E-state index contributed by atoms with van der Waals surface area (Å²) in [6.45, 7) is 1.39. The first-order valence-corrected chi connectivity index (χ1v) is 8.19. The molecule has 0 saturated carbocycles. The van der Waals surface area contributed by atoms with Crippen LogP contribution in [-0.4, -0.2) is 18.4 Å². The quantitative estimate of drug-likeness (QED) is 0.614. The van der Waals surface area contributed by atoms with E-state index in [9.17, 15) is 22.8 Å². The lowest BCUT2D eigenvalue weighted by molar-refractivity contribution is -0.137. The van der Waals surface area contributed by atoms with Gasteiger partial charge in [-0.3, -0.25) is 20.4 Å². The predicted octanol–water partition coefficient (Wildman–Crippen LogP) is 3.31. The lowest BCUT2D eigenvalue weighted by Crippen LogP contribution is -2.43. The number of rotatable bonds is 5. The summed E-state index contributed by atoms with van der Waals surface area (Å²) in [6.07, 6.45) is -1.65. The summed E-state index contributed by atoms with van der Waals surface area (Å²) < 4.78 is 42.7. The highest BCUT2D eigenvalue weighted by Crippen LogP contribution is 2.31. The summed E-state index contributed by atoms with van der Waals surface area (Å²) in [4.78, 5) is 25.2. The zero-order valence-corrected chi connectivity index (χ0v) is 14.4. The summed E-state index contributed by atoms with van der Waals surface area (Å²) >= 11 is 1.51. The number of amides is 2. The number of hydrazine groups is 1. The minimum atomic E-state index is -4.50. The van der Waals surface area contributed by atoms with Crippen molar-refractivity contribution >= 4 is 29.2 Å². The number of thiophene rings is 1. The zero-order chi connectivity index (χ0) is 19.2. The predicted molar refractivity (Wildman–Crippen MR) is 91.3 cm³/mol. The maximum absolute atomic E-state index is 12.6. The standard InChI is InChI=1S/C17H15F3N2O3S/c1-11-5-6-14(26-11)7-8-15(23)21-22-16(24)10-25-13-4-2-3-12(9-13)17(18,19)20/h2-9H,10H2,1H3,(H,21,23)(H,22,24). The first kappa shape index (κ1) is 19.5. The number of benzene rings is 1. The average molecular weight is 384 g/mol. The van der Waals surface area contributed by atoms with Gasteiger partial charge in [0.2, 0.25) is 0 Å². The van der Waals surface area contributed by atoms with Crippen LogP contribution in [0, 0.1) is 6.92 Å². The first-order valence-electron chi connectivity index (χ1n) is 7.37. The molecular formula is C17H15F3N2O3S. The van der Waals surface area contributed by atoms with Crippen molar-refractivity contribution < 1.29 is 27.5 Å². The molecule has 1 aromatic heterocycles. The molecule has 0 bridgehead atoms. The van der Waals surface area contributed by atoms with Crippen LogP contribution in [0.15, 0.2) is 42.5 Å². The Morgan fingerprint density at radius 3 is 2.62 bits per heavy atom. The van der Waals surface area contributed by atoms with Crippen molar-refractivity contribution in [2.75, 3.05) is 6.61 Å². The molecule has 0 atom stereocenters. The summed E-state index contributed by atoms with van der Waals surface area (Å²) in [5.41, 5.74) is 3.38. The molecule has 2 aromatic rings. The smallest absolute Gasteiger partial charge is 0.416 e. The first-order chi connectivity index (χ1) is 12.2. The molecule has 0 saturated heterocycles. The van der Waals surface area contributed by atoms with E-state index >= 15 is 0 Å². The highest BCUT2D eigenvalue weighted by atomic mass is 32.1. The number of aryl methyl sites for hydroxylation is 1. The molecule has 0 aliphatic rings. The second-order valence-electron chi connectivity index (χ2n) is 5.13. The SMILES string of the molecule is Cc1ccc(C=CC(=O)NNC(=O)COc2cccc(C(F)(F)F)c2)s1. The highest BCUT2D eigenvalue weighted by Gasteiger charge is 2.30. The summed E-state index contributed by atoms with van der Waals surface area (Å²) in [7, 11) is 0. The lowest BCUT2D eigenvalue weighted by atomic mass is 10.2. The minimum absolute atomic E-state index is 0.103. The Bertz CT molecular complexity index is 816. The summed E-state index contributed by atoms with van der Waals surface area (Å²) in [5.74, 6) is -1.37. The van der Waals surface area contributed by atoms with Gasteiger partial charge < -0.3 is 4.74 Å². The fraction of sp³-hybridized carbons (Fsp3) is 0.176. The van der Waals surface area contributed by atoms with Gasteiger partial charge in [0.1, 0.15) is 5.75 Å². The van der Waals surface area contributed by atoms with Crippen LogP contribution in [0.3, 0.4) is 0 Å². The second-order valence-corrected chi connectivity index (χ2v) is 6.45. The number of hydrogen-bond donors (Lipinski definition) is 2. The molecule has 0 spiro atoms. The Morgan fingerprint density at radius 1 is 1.19 bits per heavy atom. The third kappa shape index (κ3) is 6.25. The van der Waals surface area contributed by atoms with Crippen LogP contribution >= 0.6 is 11.3 Å². The molecule has 0 aliphatic heterocycles. The van der Waals surface area contributed by atoms with E-state index in [2.05, 4.69) is 10.9 Å². The van der Waals surface area contributed by atoms with Gasteiger partial charge in [0.05, 0.1) is 5.56 Å². The summed E-state index contributed by atoms with van der Waals surface area (Å²) in [5, 5.41) is 0. The number of alkyl halides is 3. The Kier molecular flexibility index (Phi) is 6.40. The monoisotopic (exact) mass is 384 g/mol. The van der Waals surface area contributed by atoms with E-state index in [1.165, 1.54) is 29.5 Å². The number of ether oxygens (including phenoxy) is 1. The van der Waals surface area contributed by atoms with Crippen LogP contribution in [0.2, 0.25) is 0 Å².